The van der Waals surface area contributed by atoms with Gasteiger partial charge in [-0.15, -0.1) is 0 Å². The molecule has 4 heterocycles. The summed E-state index contributed by atoms with van der Waals surface area (Å²) in [6.45, 7) is 0.396. The molecule has 9 heteroatoms. The third-order valence-electron chi connectivity index (χ3n) is 5.94. The van der Waals surface area contributed by atoms with Crippen LogP contribution in [-0.4, -0.2) is 36.1 Å². The molecule has 0 saturated carbocycles. The number of aryl methyl sites for hydroxylation is 1. The first-order chi connectivity index (χ1) is 16.7. The number of aromatic nitrogens is 6. The molecule has 1 aliphatic rings. The number of nitrogens with zero attached hydrogens (tertiary/aromatic N) is 6. The minimum absolute atomic E-state index is 0.0103. The van der Waals surface area contributed by atoms with E-state index in [0.717, 1.165) is 46.7 Å². The monoisotopic (exact) mass is 453 g/mol. The summed E-state index contributed by atoms with van der Waals surface area (Å²) in [7, 11) is 0. The molecule has 0 unspecified atom stereocenters. The van der Waals surface area contributed by atoms with E-state index in [1.54, 1.807) is 30.6 Å². The minimum atomic E-state index is -0.300. The first-order valence-corrected chi connectivity index (χ1v) is 11.0. The van der Waals surface area contributed by atoms with E-state index in [2.05, 4.69) is 24.5 Å². The van der Waals surface area contributed by atoms with Gasteiger partial charge in [-0.3, -0.25) is 0 Å². The van der Waals surface area contributed by atoms with Crippen LogP contribution in [0.4, 0.5) is 10.3 Å². The van der Waals surface area contributed by atoms with E-state index in [-0.39, 0.29) is 17.8 Å². The Morgan fingerprint density at radius 3 is 2.62 bits per heavy atom. The zero-order valence-electron chi connectivity index (χ0n) is 18.1. The summed E-state index contributed by atoms with van der Waals surface area (Å²) < 4.78 is 21.8. The van der Waals surface area contributed by atoms with Crippen LogP contribution in [0.15, 0.2) is 67.0 Å². The highest BCUT2D eigenvalue weighted by Crippen LogP contribution is 2.39. The summed E-state index contributed by atoms with van der Waals surface area (Å²) in [5.41, 5.74) is 10.5. The van der Waals surface area contributed by atoms with Gasteiger partial charge in [-0.05, 0) is 48.9 Å². The van der Waals surface area contributed by atoms with Gasteiger partial charge in [0, 0.05) is 18.2 Å². The number of nitrogen functional groups attached to an aromatic ring is 1. The summed E-state index contributed by atoms with van der Waals surface area (Å²) >= 11 is 0. The van der Waals surface area contributed by atoms with Gasteiger partial charge in [0.1, 0.15) is 18.2 Å². The van der Waals surface area contributed by atoms with Crippen LogP contribution in [0.2, 0.25) is 0 Å². The molecule has 0 amide bonds. The number of ether oxygens (including phenoxy) is 1. The van der Waals surface area contributed by atoms with Gasteiger partial charge in [0.2, 0.25) is 11.8 Å². The molecule has 1 atom stereocenters. The second-order valence-corrected chi connectivity index (χ2v) is 8.10. The number of imidazole rings is 1. The van der Waals surface area contributed by atoms with E-state index in [1.807, 2.05) is 24.3 Å². The number of para-hydroxylation sites is 2. The summed E-state index contributed by atoms with van der Waals surface area (Å²) in [4.78, 5) is 22.4. The SMILES string of the molecule is Nc1nccc(-c2c(-c3ccc(F)cc3)nc3n2[C@H](COc2cnc4ccccc4n2)CC3)n1. The molecular weight excluding hydrogens is 433 g/mol. The highest BCUT2D eigenvalue weighted by molar-refractivity contribution is 5.78. The molecule has 0 aliphatic carbocycles. The molecule has 3 aromatic heterocycles. The summed E-state index contributed by atoms with van der Waals surface area (Å²) in [5, 5.41) is 0. The van der Waals surface area contributed by atoms with Crippen LogP contribution >= 0.6 is 0 Å². The van der Waals surface area contributed by atoms with E-state index in [0.29, 0.717) is 18.2 Å². The van der Waals surface area contributed by atoms with E-state index in [9.17, 15) is 4.39 Å². The fourth-order valence-electron chi connectivity index (χ4n) is 4.38. The Morgan fingerprint density at radius 1 is 0.971 bits per heavy atom. The van der Waals surface area contributed by atoms with Crippen LogP contribution in [0.25, 0.3) is 33.7 Å². The van der Waals surface area contributed by atoms with Crippen molar-refractivity contribution in [3.8, 4) is 28.5 Å². The topological polar surface area (TPSA) is 105 Å². The maximum absolute atomic E-state index is 13.6. The van der Waals surface area contributed by atoms with Gasteiger partial charge in [-0.2, -0.15) is 0 Å². The zero-order chi connectivity index (χ0) is 23.1. The van der Waals surface area contributed by atoms with Crippen molar-refractivity contribution in [2.75, 3.05) is 12.3 Å². The van der Waals surface area contributed by atoms with Crippen molar-refractivity contribution < 1.29 is 9.13 Å². The van der Waals surface area contributed by atoms with Gasteiger partial charge in [-0.25, -0.2) is 29.3 Å². The fraction of sp³-hybridized carbons (Fsp3) is 0.160. The number of rotatable bonds is 5. The lowest BCUT2D eigenvalue weighted by molar-refractivity contribution is 0.247. The number of fused-ring (bicyclic) bond motifs is 2. The summed E-state index contributed by atoms with van der Waals surface area (Å²) in [6.07, 6.45) is 4.91. The molecule has 1 aliphatic heterocycles. The Balaban J connectivity index is 1.38. The average Bonchev–Trinajstić information content (AvgIpc) is 3.42. The lowest BCUT2D eigenvalue weighted by Crippen LogP contribution is -2.16. The zero-order valence-corrected chi connectivity index (χ0v) is 18.1. The van der Waals surface area contributed by atoms with Crippen molar-refractivity contribution in [1.82, 2.24) is 29.5 Å². The maximum atomic E-state index is 13.6. The lowest BCUT2D eigenvalue weighted by atomic mass is 10.1. The van der Waals surface area contributed by atoms with E-state index >= 15 is 0 Å². The third kappa shape index (κ3) is 3.61. The van der Waals surface area contributed by atoms with Gasteiger partial charge >= 0.3 is 0 Å². The van der Waals surface area contributed by atoms with Crippen molar-refractivity contribution in [1.29, 1.82) is 0 Å². The van der Waals surface area contributed by atoms with Crippen molar-refractivity contribution in [3.63, 3.8) is 0 Å². The Bertz CT molecular complexity index is 1500. The first-order valence-electron chi connectivity index (χ1n) is 11.0. The number of anilines is 1. The molecule has 0 radical (unpaired) electrons. The minimum Gasteiger partial charge on any atom is -0.474 e. The number of hydrogen-bond acceptors (Lipinski definition) is 7. The van der Waals surface area contributed by atoms with E-state index in [4.69, 9.17) is 15.5 Å². The van der Waals surface area contributed by atoms with E-state index < -0.39 is 0 Å². The molecule has 168 valence electrons. The highest BCUT2D eigenvalue weighted by atomic mass is 19.1. The largest absolute Gasteiger partial charge is 0.474 e. The summed E-state index contributed by atoms with van der Waals surface area (Å²) in [5.74, 6) is 1.27. The second-order valence-electron chi connectivity index (χ2n) is 8.10. The Kier molecular flexibility index (Phi) is 4.87. The predicted octanol–water partition coefficient (Wildman–Crippen LogP) is 4.24. The van der Waals surface area contributed by atoms with Crippen molar-refractivity contribution in [2.45, 2.75) is 18.9 Å². The molecule has 6 rings (SSSR count). The van der Waals surface area contributed by atoms with Crippen molar-refractivity contribution in [2.24, 2.45) is 0 Å². The molecule has 0 bridgehead atoms. The van der Waals surface area contributed by atoms with Crippen LogP contribution in [0.3, 0.4) is 0 Å². The molecule has 0 fully saturated rings. The number of hydrogen-bond donors (Lipinski definition) is 1. The Morgan fingerprint density at radius 2 is 1.79 bits per heavy atom. The Hall–Kier alpha value is -4.40. The molecular formula is C25H20FN7O. The van der Waals surface area contributed by atoms with Gasteiger partial charge in [0.15, 0.2) is 0 Å². The number of benzene rings is 2. The van der Waals surface area contributed by atoms with Crippen LogP contribution in [0, 0.1) is 5.82 Å². The molecule has 2 N–H and O–H groups in total. The first kappa shape index (κ1) is 20.2. The van der Waals surface area contributed by atoms with Gasteiger partial charge in [-0.1, -0.05) is 12.1 Å². The van der Waals surface area contributed by atoms with Gasteiger partial charge in [0.25, 0.3) is 0 Å². The quantitative estimate of drug-likeness (QED) is 0.424. The number of nitrogens with two attached hydrogens (primary N) is 1. The van der Waals surface area contributed by atoms with Crippen LogP contribution in [-0.2, 0) is 6.42 Å². The highest BCUT2D eigenvalue weighted by Gasteiger charge is 2.31. The smallest absolute Gasteiger partial charge is 0.232 e. The van der Waals surface area contributed by atoms with Crippen LogP contribution in [0.1, 0.15) is 18.3 Å². The average molecular weight is 453 g/mol. The van der Waals surface area contributed by atoms with Crippen LogP contribution < -0.4 is 10.5 Å². The molecule has 0 saturated heterocycles. The molecule has 2 aromatic carbocycles. The molecule has 8 nitrogen and oxygen atoms in total. The Labute approximate surface area is 194 Å². The molecule has 5 aromatic rings. The van der Waals surface area contributed by atoms with Gasteiger partial charge < -0.3 is 15.0 Å². The van der Waals surface area contributed by atoms with Crippen molar-refractivity contribution >= 4 is 17.0 Å². The molecule has 34 heavy (non-hydrogen) atoms. The predicted molar refractivity (Wildman–Crippen MR) is 125 cm³/mol. The fourth-order valence-corrected chi connectivity index (χ4v) is 4.38. The second kappa shape index (κ2) is 8.18. The van der Waals surface area contributed by atoms with Crippen molar-refractivity contribution in [3.05, 3.63) is 78.6 Å². The molecule has 0 spiro atoms. The lowest BCUT2D eigenvalue weighted by Gasteiger charge is -2.18. The standard InChI is InChI=1S/C25H20FN7O/c26-16-7-5-15(6-8-16)23-24(20-11-12-28-25(27)31-20)33-17(9-10-21(33)32-23)14-34-22-13-29-18-3-1-2-4-19(18)30-22/h1-8,11-13,17H,9-10,14H2,(H2,27,28,31)/t17-/m0/s1. The van der Waals surface area contributed by atoms with E-state index in [1.165, 1.54) is 12.1 Å². The maximum Gasteiger partial charge on any atom is 0.232 e. The normalized spacial score (nSPS) is 14.9. The number of halogens is 1. The third-order valence-corrected chi connectivity index (χ3v) is 5.94. The van der Waals surface area contributed by atoms with Gasteiger partial charge in [0.05, 0.1) is 40.4 Å². The van der Waals surface area contributed by atoms with Crippen LogP contribution in [0.5, 0.6) is 5.88 Å². The summed E-state index contributed by atoms with van der Waals surface area (Å²) in [6, 6.07) is 15.8.